The molecule has 9 heteroatoms. The van der Waals surface area contributed by atoms with Gasteiger partial charge in [-0.1, -0.05) is 6.07 Å². The molecule has 1 fully saturated rings. The lowest BCUT2D eigenvalue weighted by molar-refractivity contribution is -0.384. The highest BCUT2D eigenvalue weighted by Gasteiger charge is 2.21. The van der Waals surface area contributed by atoms with E-state index < -0.39 is 10.8 Å². The molecule has 2 N–H and O–H groups in total. The Hall–Kier alpha value is -3.75. The number of rotatable bonds is 6. The summed E-state index contributed by atoms with van der Waals surface area (Å²) in [4.78, 5) is 36.4. The Morgan fingerprint density at radius 3 is 2.43 bits per heavy atom. The van der Waals surface area contributed by atoms with Gasteiger partial charge < -0.3 is 10.2 Å². The van der Waals surface area contributed by atoms with Gasteiger partial charge in [-0.15, -0.1) is 0 Å². The van der Waals surface area contributed by atoms with Crippen molar-refractivity contribution in [3.05, 3.63) is 63.7 Å². The minimum absolute atomic E-state index is 0.0285. The van der Waals surface area contributed by atoms with E-state index in [-0.39, 0.29) is 11.6 Å². The van der Waals surface area contributed by atoms with Gasteiger partial charge in [-0.25, -0.2) is 5.43 Å². The first-order chi connectivity index (χ1) is 14.4. The number of nitro benzene ring substituents is 1. The quantitative estimate of drug-likeness (QED) is 0.431. The smallest absolute Gasteiger partial charge is 0.293 e. The number of anilines is 2. The van der Waals surface area contributed by atoms with Crippen LogP contribution < -0.4 is 15.6 Å². The van der Waals surface area contributed by atoms with Crippen molar-refractivity contribution in [3.8, 4) is 0 Å². The van der Waals surface area contributed by atoms with E-state index in [1.807, 2.05) is 4.90 Å². The van der Waals surface area contributed by atoms with Crippen LogP contribution in [0.3, 0.4) is 0 Å². The van der Waals surface area contributed by atoms with Crippen LogP contribution in [0.4, 0.5) is 17.1 Å². The zero-order valence-electron chi connectivity index (χ0n) is 16.6. The second-order valence-electron chi connectivity index (χ2n) is 7.01. The van der Waals surface area contributed by atoms with Crippen LogP contribution in [0.2, 0.25) is 0 Å². The van der Waals surface area contributed by atoms with Crippen LogP contribution >= 0.6 is 0 Å². The van der Waals surface area contributed by atoms with Gasteiger partial charge in [0, 0.05) is 42.9 Å². The molecule has 0 spiro atoms. The van der Waals surface area contributed by atoms with E-state index in [4.69, 9.17) is 0 Å². The summed E-state index contributed by atoms with van der Waals surface area (Å²) >= 11 is 0. The van der Waals surface area contributed by atoms with Crippen molar-refractivity contribution in [1.29, 1.82) is 0 Å². The number of nitrogens with one attached hydrogen (secondary N) is 2. The van der Waals surface area contributed by atoms with E-state index in [0.29, 0.717) is 22.5 Å². The summed E-state index contributed by atoms with van der Waals surface area (Å²) in [6.07, 6.45) is 4.57. The van der Waals surface area contributed by atoms with E-state index in [9.17, 15) is 19.7 Å². The van der Waals surface area contributed by atoms with Crippen molar-refractivity contribution in [2.45, 2.75) is 26.2 Å². The monoisotopic (exact) mass is 409 g/mol. The molecule has 0 atom stereocenters. The number of hydrogen-bond acceptors (Lipinski definition) is 6. The van der Waals surface area contributed by atoms with E-state index in [0.717, 1.165) is 32.4 Å². The maximum atomic E-state index is 12.2. The van der Waals surface area contributed by atoms with E-state index in [2.05, 4.69) is 15.8 Å². The van der Waals surface area contributed by atoms with Gasteiger partial charge in [0.15, 0.2) is 0 Å². The maximum Gasteiger partial charge on any atom is 0.293 e. The summed E-state index contributed by atoms with van der Waals surface area (Å²) < 4.78 is 0. The molecule has 1 aliphatic rings. The number of nitrogens with zero attached hydrogens (tertiary/aromatic N) is 3. The molecule has 2 aromatic carbocycles. The molecule has 3 rings (SSSR count). The average molecular weight is 409 g/mol. The van der Waals surface area contributed by atoms with E-state index in [1.165, 1.54) is 19.2 Å². The molecule has 156 valence electrons. The third-order valence-corrected chi connectivity index (χ3v) is 4.74. The number of carbonyl (C=O) groups excluding carboxylic acids is 2. The van der Waals surface area contributed by atoms with Gasteiger partial charge in [-0.3, -0.25) is 19.7 Å². The Morgan fingerprint density at radius 1 is 1.10 bits per heavy atom. The molecule has 9 nitrogen and oxygen atoms in total. The number of piperidine rings is 1. The molecular formula is C21H23N5O4. The van der Waals surface area contributed by atoms with Crippen LogP contribution in [0.15, 0.2) is 47.6 Å². The minimum atomic E-state index is -0.430. The van der Waals surface area contributed by atoms with Gasteiger partial charge in [0.25, 0.3) is 11.6 Å². The van der Waals surface area contributed by atoms with E-state index in [1.54, 1.807) is 36.4 Å². The molecule has 0 unspecified atom stereocenters. The van der Waals surface area contributed by atoms with Crippen molar-refractivity contribution in [1.82, 2.24) is 5.43 Å². The Morgan fingerprint density at radius 2 is 1.80 bits per heavy atom. The molecule has 30 heavy (non-hydrogen) atoms. The van der Waals surface area contributed by atoms with Gasteiger partial charge >= 0.3 is 0 Å². The Balaban J connectivity index is 1.66. The highest BCUT2D eigenvalue weighted by atomic mass is 16.6. The van der Waals surface area contributed by atoms with Crippen LogP contribution in [0, 0.1) is 10.1 Å². The van der Waals surface area contributed by atoms with Gasteiger partial charge in [0.2, 0.25) is 5.91 Å². The number of nitro groups is 1. The lowest BCUT2D eigenvalue weighted by Crippen LogP contribution is -2.29. The Kier molecular flexibility index (Phi) is 6.74. The van der Waals surface area contributed by atoms with Crippen molar-refractivity contribution >= 4 is 35.1 Å². The summed E-state index contributed by atoms with van der Waals surface area (Å²) in [5, 5.41) is 18.0. The van der Waals surface area contributed by atoms with Crippen LogP contribution in [-0.2, 0) is 4.79 Å². The first kappa shape index (κ1) is 21.0. The summed E-state index contributed by atoms with van der Waals surface area (Å²) in [5.74, 6) is -0.628. The SMILES string of the molecule is CC(=O)Nc1ccc(C(=O)NN=Cc2ccc(N3CCCCC3)c([N+](=O)[O-])c2)cc1. The fourth-order valence-electron chi connectivity index (χ4n) is 3.31. The molecule has 0 radical (unpaired) electrons. The van der Waals surface area contributed by atoms with Crippen molar-refractivity contribution < 1.29 is 14.5 Å². The lowest BCUT2D eigenvalue weighted by Gasteiger charge is -2.28. The summed E-state index contributed by atoms with van der Waals surface area (Å²) in [7, 11) is 0. The number of hydrogen-bond donors (Lipinski definition) is 2. The summed E-state index contributed by atoms with van der Waals surface area (Å²) in [6.45, 7) is 3.02. The molecular weight excluding hydrogens is 386 g/mol. The fourth-order valence-corrected chi connectivity index (χ4v) is 3.31. The van der Waals surface area contributed by atoms with Gasteiger partial charge in [0.1, 0.15) is 5.69 Å². The van der Waals surface area contributed by atoms with Crippen LogP contribution in [0.5, 0.6) is 0 Å². The first-order valence-electron chi connectivity index (χ1n) is 9.68. The standard InChI is InChI=1S/C21H23N5O4/c1-15(27)23-18-8-6-17(7-9-18)21(28)24-22-14-16-5-10-19(20(13-16)26(29)30)25-11-3-2-4-12-25/h5-10,13-14H,2-4,11-12H2,1H3,(H,23,27)(H,24,28). The predicted molar refractivity (Wildman–Crippen MR) is 115 cm³/mol. The third kappa shape index (κ3) is 5.40. The molecule has 0 aromatic heterocycles. The van der Waals surface area contributed by atoms with Gasteiger partial charge in [-0.2, -0.15) is 5.10 Å². The summed E-state index contributed by atoms with van der Waals surface area (Å²) in [5.41, 5.74) is 4.51. The number of carbonyl (C=O) groups is 2. The minimum Gasteiger partial charge on any atom is -0.366 e. The molecule has 1 saturated heterocycles. The molecule has 0 saturated carbocycles. The molecule has 0 aliphatic carbocycles. The lowest BCUT2D eigenvalue weighted by atomic mass is 10.1. The Labute approximate surface area is 173 Å². The van der Waals surface area contributed by atoms with Crippen LogP contribution in [0.25, 0.3) is 0 Å². The third-order valence-electron chi connectivity index (χ3n) is 4.74. The normalized spacial score (nSPS) is 13.8. The zero-order chi connectivity index (χ0) is 21.5. The summed E-state index contributed by atoms with van der Waals surface area (Å²) in [6, 6.07) is 11.3. The van der Waals surface area contributed by atoms with Crippen LogP contribution in [0.1, 0.15) is 42.1 Å². The van der Waals surface area contributed by atoms with Gasteiger partial charge in [0.05, 0.1) is 11.1 Å². The molecule has 1 aliphatic heterocycles. The topological polar surface area (TPSA) is 117 Å². The highest BCUT2D eigenvalue weighted by Crippen LogP contribution is 2.30. The number of benzene rings is 2. The average Bonchev–Trinajstić information content (AvgIpc) is 2.74. The molecule has 2 amide bonds. The van der Waals surface area contributed by atoms with Crippen molar-refractivity contribution in [2.75, 3.05) is 23.3 Å². The Bertz CT molecular complexity index is 966. The van der Waals surface area contributed by atoms with E-state index >= 15 is 0 Å². The zero-order valence-corrected chi connectivity index (χ0v) is 16.6. The molecule has 0 bridgehead atoms. The fraction of sp³-hybridized carbons (Fsp3) is 0.286. The highest BCUT2D eigenvalue weighted by molar-refractivity contribution is 5.96. The number of amides is 2. The van der Waals surface area contributed by atoms with Crippen LogP contribution in [-0.4, -0.2) is 36.0 Å². The maximum absolute atomic E-state index is 12.2. The second-order valence-corrected chi connectivity index (χ2v) is 7.01. The van der Waals surface area contributed by atoms with Gasteiger partial charge in [-0.05, 0) is 49.6 Å². The van der Waals surface area contributed by atoms with Crippen molar-refractivity contribution in [2.24, 2.45) is 5.10 Å². The van der Waals surface area contributed by atoms with Crippen molar-refractivity contribution in [3.63, 3.8) is 0 Å². The first-order valence-corrected chi connectivity index (χ1v) is 9.68. The predicted octanol–water partition coefficient (Wildman–Crippen LogP) is 3.31. The second kappa shape index (κ2) is 9.64. The molecule has 2 aromatic rings. The number of hydrazone groups is 1. The molecule has 1 heterocycles. The largest absolute Gasteiger partial charge is 0.366 e.